The van der Waals surface area contributed by atoms with Gasteiger partial charge in [0, 0.05) is 17.8 Å². The molecule has 1 amide bonds. The molecule has 0 bridgehead atoms. The number of phenols is 1. The number of hydrogen-bond acceptors (Lipinski definition) is 4. The van der Waals surface area contributed by atoms with Gasteiger partial charge in [-0.05, 0) is 63.1 Å². The van der Waals surface area contributed by atoms with Crippen molar-refractivity contribution < 1.29 is 9.90 Å². The first-order valence-corrected chi connectivity index (χ1v) is 9.06. The molecule has 140 valence electrons. The van der Waals surface area contributed by atoms with Gasteiger partial charge in [0.1, 0.15) is 5.75 Å². The van der Waals surface area contributed by atoms with Crippen LogP contribution in [-0.4, -0.2) is 29.3 Å². The van der Waals surface area contributed by atoms with Gasteiger partial charge in [0.15, 0.2) is 0 Å². The average molecular weight is 363 g/mol. The number of anilines is 1. The average Bonchev–Trinajstić information content (AvgIpc) is 2.62. The lowest BCUT2D eigenvalue weighted by molar-refractivity contribution is 0.0952. The summed E-state index contributed by atoms with van der Waals surface area (Å²) < 4.78 is 0. The van der Waals surface area contributed by atoms with E-state index in [0.29, 0.717) is 0 Å². The number of likely N-dealkylation sites (N-methyl/N-ethyl adjacent to an activating group) is 1. The van der Waals surface area contributed by atoms with Gasteiger partial charge in [-0.15, -0.1) is 0 Å². The number of hydrazone groups is 1. The summed E-state index contributed by atoms with van der Waals surface area (Å²) in [5, 5.41) is 13.8. The van der Waals surface area contributed by atoms with E-state index in [9.17, 15) is 9.90 Å². The number of aromatic hydroxyl groups is 1. The van der Waals surface area contributed by atoms with Crippen molar-refractivity contribution in [3.8, 4) is 5.75 Å². The standard InChI is InChI=1S/C22H25N3O2/c1-5-25-19-11-10-16(12-18(19)15(2)13-22(25,3)4)14-23-24-21(27)17-8-6-7-9-20(17)26/h6-14,26H,5H2,1-4H3,(H,24,27)/b23-14+. The van der Waals surface area contributed by atoms with Gasteiger partial charge >= 0.3 is 0 Å². The van der Waals surface area contributed by atoms with Crippen molar-refractivity contribution >= 4 is 23.4 Å². The summed E-state index contributed by atoms with van der Waals surface area (Å²) in [6, 6.07) is 12.5. The summed E-state index contributed by atoms with van der Waals surface area (Å²) in [4.78, 5) is 14.5. The highest BCUT2D eigenvalue weighted by Gasteiger charge is 2.29. The smallest absolute Gasteiger partial charge is 0.275 e. The first kappa shape index (κ1) is 18.7. The SMILES string of the molecule is CCN1c2ccc(/C=N/NC(=O)c3ccccc3O)cc2C(C)=CC1(C)C. The van der Waals surface area contributed by atoms with E-state index in [1.54, 1.807) is 24.4 Å². The largest absolute Gasteiger partial charge is 0.507 e. The summed E-state index contributed by atoms with van der Waals surface area (Å²) in [6.45, 7) is 9.63. The Morgan fingerprint density at radius 1 is 1.26 bits per heavy atom. The monoisotopic (exact) mass is 363 g/mol. The number of fused-ring (bicyclic) bond motifs is 1. The molecule has 0 fully saturated rings. The van der Waals surface area contributed by atoms with Gasteiger partial charge < -0.3 is 10.0 Å². The van der Waals surface area contributed by atoms with Gasteiger partial charge in [-0.2, -0.15) is 5.10 Å². The zero-order valence-corrected chi connectivity index (χ0v) is 16.2. The van der Waals surface area contributed by atoms with Crippen LogP contribution in [0.25, 0.3) is 5.57 Å². The number of carbonyl (C=O) groups excluding carboxylic acids is 1. The molecule has 0 radical (unpaired) electrons. The van der Waals surface area contributed by atoms with Gasteiger partial charge in [-0.1, -0.05) is 24.3 Å². The summed E-state index contributed by atoms with van der Waals surface area (Å²) >= 11 is 0. The van der Waals surface area contributed by atoms with Crippen LogP contribution in [0.15, 0.2) is 53.6 Å². The number of carbonyl (C=O) groups is 1. The van der Waals surface area contributed by atoms with Crippen LogP contribution in [0.4, 0.5) is 5.69 Å². The fourth-order valence-electron chi connectivity index (χ4n) is 3.65. The maximum atomic E-state index is 12.1. The molecule has 1 aliphatic heterocycles. The van der Waals surface area contributed by atoms with Crippen molar-refractivity contribution in [3.63, 3.8) is 0 Å². The van der Waals surface area contributed by atoms with Crippen LogP contribution in [0.3, 0.4) is 0 Å². The third-order valence-corrected chi connectivity index (χ3v) is 4.85. The number of nitrogens with one attached hydrogen (secondary N) is 1. The number of nitrogens with zero attached hydrogens (tertiary/aromatic N) is 2. The molecule has 27 heavy (non-hydrogen) atoms. The molecule has 0 aliphatic carbocycles. The minimum absolute atomic E-state index is 0.0207. The number of hydrogen-bond donors (Lipinski definition) is 2. The molecule has 2 aromatic carbocycles. The Hall–Kier alpha value is -3.08. The van der Waals surface area contributed by atoms with E-state index < -0.39 is 5.91 Å². The highest BCUT2D eigenvalue weighted by Crippen LogP contribution is 2.38. The van der Waals surface area contributed by atoms with E-state index in [0.717, 1.165) is 12.1 Å². The predicted octanol–water partition coefficient (Wildman–Crippen LogP) is 4.18. The highest BCUT2D eigenvalue weighted by molar-refractivity contribution is 5.97. The molecule has 1 heterocycles. The van der Waals surface area contributed by atoms with Crippen LogP contribution in [0.1, 0.15) is 49.2 Å². The van der Waals surface area contributed by atoms with Crippen molar-refractivity contribution in [1.29, 1.82) is 0 Å². The third-order valence-electron chi connectivity index (χ3n) is 4.85. The molecule has 2 aromatic rings. The van der Waals surface area contributed by atoms with Crippen LogP contribution in [0, 0.1) is 0 Å². The van der Waals surface area contributed by atoms with E-state index >= 15 is 0 Å². The third kappa shape index (κ3) is 3.72. The van der Waals surface area contributed by atoms with E-state index in [-0.39, 0.29) is 16.9 Å². The van der Waals surface area contributed by atoms with Gasteiger partial charge in [0.2, 0.25) is 0 Å². The molecule has 1 aliphatic rings. The fourth-order valence-corrected chi connectivity index (χ4v) is 3.65. The van der Waals surface area contributed by atoms with Crippen molar-refractivity contribution in [2.24, 2.45) is 5.10 Å². The molecule has 0 saturated heterocycles. The predicted molar refractivity (Wildman–Crippen MR) is 110 cm³/mol. The molecule has 3 rings (SSSR count). The second kappa shape index (κ2) is 7.27. The molecule has 2 N–H and O–H groups in total. The van der Waals surface area contributed by atoms with Gasteiger partial charge in [0.25, 0.3) is 5.91 Å². The lowest BCUT2D eigenvalue weighted by Gasteiger charge is -2.42. The van der Waals surface area contributed by atoms with E-state index in [4.69, 9.17) is 0 Å². The Bertz CT molecular complexity index is 929. The molecule has 0 unspecified atom stereocenters. The van der Waals surface area contributed by atoms with Gasteiger partial charge in [0.05, 0.1) is 17.3 Å². The number of rotatable bonds is 4. The Morgan fingerprint density at radius 2 is 2.00 bits per heavy atom. The molecule has 0 saturated carbocycles. The van der Waals surface area contributed by atoms with E-state index in [1.165, 1.54) is 22.9 Å². The van der Waals surface area contributed by atoms with Crippen molar-refractivity contribution in [3.05, 3.63) is 65.2 Å². The van der Waals surface area contributed by atoms with Crippen LogP contribution < -0.4 is 10.3 Å². The fraction of sp³-hybridized carbons (Fsp3) is 0.273. The summed E-state index contributed by atoms with van der Waals surface area (Å²) in [6.07, 6.45) is 3.89. The van der Waals surface area contributed by atoms with E-state index in [2.05, 4.69) is 61.3 Å². The molecule has 0 spiro atoms. The minimum Gasteiger partial charge on any atom is -0.507 e. The quantitative estimate of drug-likeness (QED) is 0.633. The molecule has 5 heteroatoms. The Labute approximate surface area is 160 Å². The lowest BCUT2D eigenvalue weighted by Crippen LogP contribution is -2.44. The maximum Gasteiger partial charge on any atom is 0.275 e. The van der Waals surface area contributed by atoms with Crippen molar-refractivity contribution in [1.82, 2.24) is 5.43 Å². The summed E-state index contributed by atoms with van der Waals surface area (Å²) in [5.74, 6) is -0.515. The first-order chi connectivity index (χ1) is 12.8. The molecule has 0 aromatic heterocycles. The zero-order valence-electron chi connectivity index (χ0n) is 16.2. The summed E-state index contributed by atoms with van der Waals surface area (Å²) in [7, 11) is 0. The van der Waals surface area contributed by atoms with Crippen LogP contribution in [0.2, 0.25) is 0 Å². The molecular formula is C22H25N3O2. The Kier molecular flexibility index (Phi) is 5.04. The first-order valence-electron chi connectivity index (χ1n) is 9.06. The van der Waals surface area contributed by atoms with Crippen LogP contribution in [-0.2, 0) is 0 Å². The number of phenolic OH excluding ortho intramolecular Hbond substituents is 1. The lowest BCUT2D eigenvalue weighted by atomic mass is 9.88. The Balaban J connectivity index is 1.80. The van der Waals surface area contributed by atoms with Gasteiger partial charge in [-0.3, -0.25) is 4.79 Å². The Morgan fingerprint density at radius 3 is 2.70 bits per heavy atom. The van der Waals surface area contributed by atoms with Gasteiger partial charge in [-0.25, -0.2) is 5.43 Å². The van der Waals surface area contributed by atoms with Crippen molar-refractivity contribution in [2.45, 2.75) is 33.2 Å². The second-order valence-electron chi connectivity index (χ2n) is 7.22. The number of para-hydroxylation sites is 1. The molecule has 0 atom stereocenters. The maximum absolute atomic E-state index is 12.1. The van der Waals surface area contributed by atoms with E-state index in [1.807, 2.05) is 6.07 Å². The normalized spacial score (nSPS) is 15.4. The van der Waals surface area contributed by atoms with Crippen molar-refractivity contribution in [2.75, 3.05) is 11.4 Å². The van der Waals surface area contributed by atoms with Crippen LogP contribution >= 0.6 is 0 Å². The number of allylic oxidation sites excluding steroid dienone is 1. The zero-order chi connectivity index (χ0) is 19.6. The number of amides is 1. The topological polar surface area (TPSA) is 64.9 Å². The number of benzene rings is 2. The molecule has 5 nitrogen and oxygen atoms in total. The minimum atomic E-state index is -0.447. The van der Waals surface area contributed by atoms with Crippen LogP contribution in [0.5, 0.6) is 5.75 Å². The second-order valence-corrected chi connectivity index (χ2v) is 7.22. The summed E-state index contributed by atoms with van der Waals surface area (Å²) in [5.41, 5.74) is 7.14. The molecular weight excluding hydrogens is 338 g/mol. The highest BCUT2D eigenvalue weighted by atomic mass is 16.3.